The summed E-state index contributed by atoms with van der Waals surface area (Å²) in [6, 6.07) is 16.7. The number of ether oxygens (including phenoxy) is 1. The fourth-order valence-corrected chi connectivity index (χ4v) is 3.82. The van der Waals surface area contributed by atoms with Gasteiger partial charge in [0.05, 0.1) is 23.8 Å². The first kappa shape index (κ1) is 21.1. The molecule has 0 aliphatic carbocycles. The molecule has 1 fully saturated rings. The molecule has 0 spiro atoms. The molecule has 1 saturated heterocycles. The predicted octanol–water partition coefficient (Wildman–Crippen LogP) is 3.30. The molecular weight excluding hydrogens is 388 g/mol. The van der Waals surface area contributed by atoms with Crippen LogP contribution >= 0.6 is 11.8 Å². The number of aliphatic imine (C=N–C) groups is 1. The monoisotopic (exact) mass is 412 g/mol. The van der Waals surface area contributed by atoms with E-state index in [1.54, 1.807) is 17.0 Å². The zero-order valence-electron chi connectivity index (χ0n) is 16.4. The van der Waals surface area contributed by atoms with E-state index in [9.17, 15) is 4.79 Å². The zero-order valence-corrected chi connectivity index (χ0v) is 17.2. The molecular formula is C22H24N2O4S. The highest BCUT2D eigenvalue weighted by atomic mass is 32.2. The summed E-state index contributed by atoms with van der Waals surface area (Å²) in [5, 5.41) is 18.9. The molecule has 1 aliphatic heterocycles. The number of hydrogen-bond donors (Lipinski definition) is 2. The minimum absolute atomic E-state index is 0.0679. The van der Waals surface area contributed by atoms with E-state index in [-0.39, 0.29) is 25.2 Å². The molecule has 0 bridgehead atoms. The van der Waals surface area contributed by atoms with Crippen LogP contribution < -0.4 is 9.64 Å². The number of aliphatic hydroxyl groups is 2. The lowest BCUT2D eigenvalue weighted by molar-refractivity contribution is -0.113. The molecule has 7 heteroatoms. The molecule has 152 valence electrons. The number of nitrogens with zero attached hydrogens (tertiary/aromatic N) is 2. The average Bonchev–Trinajstić information content (AvgIpc) is 3.02. The summed E-state index contributed by atoms with van der Waals surface area (Å²) in [6.07, 6.45) is 1.17. The summed E-state index contributed by atoms with van der Waals surface area (Å²) in [5.41, 5.74) is 1.63. The summed E-state index contributed by atoms with van der Waals surface area (Å²) in [4.78, 5) is 19.9. The lowest BCUT2D eigenvalue weighted by Crippen LogP contribution is -2.29. The Labute approximate surface area is 174 Å². The Morgan fingerprint density at radius 1 is 1.07 bits per heavy atom. The van der Waals surface area contributed by atoms with Gasteiger partial charge in [0.25, 0.3) is 5.91 Å². The Bertz CT molecular complexity index is 891. The summed E-state index contributed by atoms with van der Waals surface area (Å²) in [5.74, 6) is 0.431. The second-order valence-corrected chi connectivity index (χ2v) is 7.78. The van der Waals surface area contributed by atoms with Crippen LogP contribution in [-0.2, 0) is 4.79 Å². The van der Waals surface area contributed by atoms with Crippen molar-refractivity contribution < 1.29 is 19.7 Å². The van der Waals surface area contributed by atoms with Crippen molar-refractivity contribution in [1.82, 2.24) is 0 Å². The maximum Gasteiger partial charge on any atom is 0.271 e. The van der Waals surface area contributed by atoms with Crippen LogP contribution in [0.4, 0.5) is 5.69 Å². The fraction of sp³-hybridized carbons (Fsp3) is 0.273. The van der Waals surface area contributed by atoms with Crippen LogP contribution in [0, 0.1) is 0 Å². The molecule has 0 radical (unpaired) electrons. The van der Waals surface area contributed by atoms with Crippen molar-refractivity contribution in [1.29, 1.82) is 0 Å². The van der Waals surface area contributed by atoms with Crippen LogP contribution in [0.1, 0.15) is 19.4 Å². The van der Waals surface area contributed by atoms with E-state index >= 15 is 0 Å². The van der Waals surface area contributed by atoms with Gasteiger partial charge in [-0.15, -0.1) is 0 Å². The number of para-hydroxylation sites is 1. The molecule has 0 unspecified atom stereocenters. The molecule has 1 aliphatic rings. The Kier molecular flexibility index (Phi) is 7.09. The third kappa shape index (κ3) is 5.26. The van der Waals surface area contributed by atoms with Crippen molar-refractivity contribution in [2.24, 2.45) is 4.99 Å². The third-order valence-electron chi connectivity index (χ3n) is 4.08. The summed E-state index contributed by atoms with van der Waals surface area (Å²) < 4.78 is 5.47. The molecule has 2 N–H and O–H groups in total. The van der Waals surface area contributed by atoms with Gasteiger partial charge in [0.15, 0.2) is 5.17 Å². The smallest absolute Gasteiger partial charge is 0.271 e. The number of rotatable bonds is 7. The number of aliphatic hydroxyl groups excluding tert-OH is 2. The van der Waals surface area contributed by atoms with E-state index in [4.69, 9.17) is 14.9 Å². The van der Waals surface area contributed by atoms with E-state index < -0.39 is 6.10 Å². The summed E-state index contributed by atoms with van der Waals surface area (Å²) in [6.45, 7) is 3.43. The van der Waals surface area contributed by atoms with E-state index in [1.165, 1.54) is 11.8 Å². The van der Waals surface area contributed by atoms with Crippen LogP contribution in [0.15, 0.2) is 64.5 Å². The highest BCUT2D eigenvalue weighted by Crippen LogP contribution is 2.36. The maximum absolute atomic E-state index is 13.1. The number of carbonyl (C=O) groups is 1. The summed E-state index contributed by atoms with van der Waals surface area (Å²) >= 11 is 1.36. The van der Waals surface area contributed by atoms with Crippen LogP contribution in [-0.4, -0.2) is 46.6 Å². The molecule has 0 saturated carbocycles. The number of anilines is 1. The van der Waals surface area contributed by atoms with Gasteiger partial charge in [-0.1, -0.05) is 30.3 Å². The second-order valence-electron chi connectivity index (χ2n) is 6.77. The first-order chi connectivity index (χ1) is 14.0. The third-order valence-corrected chi connectivity index (χ3v) is 5.06. The van der Waals surface area contributed by atoms with Crippen LogP contribution in [0.25, 0.3) is 6.08 Å². The number of carbonyl (C=O) groups excluding carboxylic acids is 1. The van der Waals surface area contributed by atoms with Gasteiger partial charge in [-0.2, -0.15) is 0 Å². The topological polar surface area (TPSA) is 82.4 Å². The van der Waals surface area contributed by atoms with Gasteiger partial charge in [-0.3, -0.25) is 14.7 Å². The van der Waals surface area contributed by atoms with Gasteiger partial charge in [0, 0.05) is 6.04 Å². The predicted molar refractivity (Wildman–Crippen MR) is 117 cm³/mol. The molecule has 0 aromatic heterocycles. The first-order valence-electron chi connectivity index (χ1n) is 9.37. The lowest BCUT2D eigenvalue weighted by Gasteiger charge is -2.16. The molecule has 3 rings (SSSR count). The Hall–Kier alpha value is -2.61. The number of hydrogen-bond acceptors (Lipinski definition) is 6. The van der Waals surface area contributed by atoms with E-state index in [2.05, 4.69) is 4.99 Å². The summed E-state index contributed by atoms with van der Waals surface area (Å²) in [7, 11) is 0. The molecule has 2 aromatic carbocycles. The molecule has 0 atom stereocenters. The van der Waals surface area contributed by atoms with Crippen molar-refractivity contribution in [3.05, 3.63) is 65.1 Å². The van der Waals surface area contributed by atoms with Crippen LogP contribution in [0.2, 0.25) is 0 Å². The Morgan fingerprint density at radius 3 is 2.31 bits per heavy atom. The lowest BCUT2D eigenvalue weighted by atomic mass is 10.2. The standard InChI is InChI=1S/C22H24N2O4S/c1-15(2)23-22-24(17-6-4-3-5-7-17)21(27)20(29-22)12-16-8-10-18(11-9-16)28-19(13-25)14-26/h3-12,15,19,25-26H,13-14H2,1-2H3/b20-12-,23-22?. The average molecular weight is 413 g/mol. The number of amides is 1. The maximum atomic E-state index is 13.1. The number of thioether (sulfide) groups is 1. The second kappa shape index (κ2) is 9.73. The Morgan fingerprint density at radius 2 is 1.72 bits per heavy atom. The highest BCUT2D eigenvalue weighted by Gasteiger charge is 2.34. The number of amidine groups is 1. The van der Waals surface area contributed by atoms with Gasteiger partial charge in [-0.25, -0.2) is 0 Å². The minimum atomic E-state index is -0.652. The largest absolute Gasteiger partial charge is 0.486 e. The minimum Gasteiger partial charge on any atom is -0.486 e. The zero-order chi connectivity index (χ0) is 20.8. The Balaban J connectivity index is 1.85. The first-order valence-corrected chi connectivity index (χ1v) is 10.2. The van der Waals surface area contributed by atoms with Crippen molar-refractivity contribution in [2.75, 3.05) is 18.1 Å². The van der Waals surface area contributed by atoms with E-state index in [0.717, 1.165) is 11.3 Å². The van der Waals surface area contributed by atoms with Crippen molar-refractivity contribution in [2.45, 2.75) is 26.0 Å². The quantitative estimate of drug-likeness (QED) is 0.682. The SMILES string of the molecule is CC(C)N=C1S/C(=C\c2ccc(OC(CO)CO)cc2)C(=O)N1c1ccccc1. The molecule has 2 aromatic rings. The normalized spacial score (nSPS) is 17.2. The van der Waals surface area contributed by atoms with Crippen LogP contribution in [0.5, 0.6) is 5.75 Å². The van der Waals surface area contributed by atoms with Gasteiger partial charge >= 0.3 is 0 Å². The number of benzene rings is 2. The fourth-order valence-electron chi connectivity index (χ4n) is 2.70. The van der Waals surface area contributed by atoms with Crippen molar-refractivity contribution in [3.8, 4) is 5.75 Å². The highest BCUT2D eigenvalue weighted by molar-refractivity contribution is 8.19. The van der Waals surface area contributed by atoms with Crippen LogP contribution in [0.3, 0.4) is 0 Å². The van der Waals surface area contributed by atoms with E-state index in [1.807, 2.05) is 62.4 Å². The van der Waals surface area contributed by atoms with Gasteiger partial charge in [0.2, 0.25) is 0 Å². The van der Waals surface area contributed by atoms with Gasteiger partial charge < -0.3 is 14.9 Å². The molecule has 1 heterocycles. The molecule has 29 heavy (non-hydrogen) atoms. The van der Waals surface area contributed by atoms with E-state index in [0.29, 0.717) is 15.8 Å². The van der Waals surface area contributed by atoms with Crippen molar-refractivity contribution >= 4 is 34.6 Å². The van der Waals surface area contributed by atoms with Gasteiger partial charge in [0.1, 0.15) is 11.9 Å². The van der Waals surface area contributed by atoms with Crippen molar-refractivity contribution in [3.63, 3.8) is 0 Å². The molecule has 1 amide bonds. The molecule has 6 nitrogen and oxygen atoms in total. The van der Waals surface area contributed by atoms with Gasteiger partial charge in [-0.05, 0) is 61.5 Å².